The van der Waals surface area contributed by atoms with Crippen molar-refractivity contribution in [3.63, 3.8) is 0 Å². The highest BCUT2D eigenvalue weighted by molar-refractivity contribution is 6.32. The lowest BCUT2D eigenvalue weighted by atomic mass is 10.2. The largest absolute Gasteiger partial charge is 0.353 e. The topological polar surface area (TPSA) is 75.9 Å². The van der Waals surface area contributed by atoms with E-state index in [9.17, 15) is 4.79 Å². The second-order valence-electron chi connectivity index (χ2n) is 5.22. The van der Waals surface area contributed by atoms with E-state index in [1.54, 1.807) is 23.3 Å². The third kappa shape index (κ3) is 3.54. The Labute approximate surface area is 133 Å². The first kappa shape index (κ1) is 14.8. The van der Waals surface area contributed by atoms with Gasteiger partial charge in [-0.2, -0.15) is 0 Å². The van der Waals surface area contributed by atoms with Crippen LogP contribution in [0.3, 0.4) is 0 Å². The van der Waals surface area contributed by atoms with Gasteiger partial charge >= 0.3 is 0 Å². The maximum atomic E-state index is 12.0. The summed E-state index contributed by atoms with van der Waals surface area (Å²) in [6.45, 7) is 2.10. The van der Waals surface area contributed by atoms with E-state index in [0.717, 1.165) is 25.3 Å². The molecule has 2 aromatic rings. The number of anilines is 1. The minimum atomic E-state index is 0.0227. The molecule has 1 saturated heterocycles. The van der Waals surface area contributed by atoms with Crippen molar-refractivity contribution in [1.82, 2.24) is 25.3 Å². The first-order chi connectivity index (χ1) is 10.7. The monoisotopic (exact) mass is 320 g/mol. The number of amides is 1. The Kier molecular flexibility index (Phi) is 4.53. The standard InChI is InChI=1S/C14H17ClN6O/c15-12-2-1-5-16-14(12)20-7-3-11(10-20)18-13(22)4-8-21-9-6-17-19-21/h1-2,5-6,9,11H,3-4,7-8,10H2,(H,18,22). The Morgan fingerprint density at radius 3 is 3.14 bits per heavy atom. The van der Waals surface area contributed by atoms with Crippen LogP contribution >= 0.6 is 11.6 Å². The first-order valence-corrected chi connectivity index (χ1v) is 7.59. The number of pyridine rings is 1. The summed E-state index contributed by atoms with van der Waals surface area (Å²) in [6, 6.07) is 3.76. The third-order valence-electron chi connectivity index (χ3n) is 3.63. The van der Waals surface area contributed by atoms with E-state index in [1.807, 2.05) is 12.1 Å². The van der Waals surface area contributed by atoms with Gasteiger partial charge in [0, 0.05) is 37.9 Å². The number of carbonyl (C=O) groups is 1. The van der Waals surface area contributed by atoms with E-state index in [0.29, 0.717) is 18.0 Å². The summed E-state index contributed by atoms with van der Waals surface area (Å²) in [5, 5.41) is 11.2. The van der Waals surface area contributed by atoms with E-state index < -0.39 is 0 Å². The lowest BCUT2D eigenvalue weighted by Gasteiger charge is -2.18. The van der Waals surface area contributed by atoms with Gasteiger partial charge in [0.1, 0.15) is 5.82 Å². The molecule has 3 heterocycles. The lowest BCUT2D eigenvalue weighted by molar-refractivity contribution is -0.121. The third-order valence-corrected chi connectivity index (χ3v) is 3.93. The van der Waals surface area contributed by atoms with E-state index in [-0.39, 0.29) is 11.9 Å². The van der Waals surface area contributed by atoms with Crippen LogP contribution in [-0.2, 0) is 11.3 Å². The van der Waals surface area contributed by atoms with E-state index in [2.05, 4.69) is 25.5 Å². The van der Waals surface area contributed by atoms with Gasteiger partial charge < -0.3 is 10.2 Å². The Hall–Kier alpha value is -2.15. The molecule has 2 aromatic heterocycles. The van der Waals surface area contributed by atoms with Gasteiger partial charge in [0.15, 0.2) is 0 Å². The zero-order valence-electron chi connectivity index (χ0n) is 12.0. The van der Waals surface area contributed by atoms with Gasteiger partial charge in [0.25, 0.3) is 0 Å². The number of halogens is 1. The average molecular weight is 321 g/mol. The fourth-order valence-corrected chi connectivity index (χ4v) is 2.79. The first-order valence-electron chi connectivity index (χ1n) is 7.21. The molecule has 1 N–H and O–H groups in total. The van der Waals surface area contributed by atoms with E-state index in [1.165, 1.54) is 0 Å². The lowest BCUT2D eigenvalue weighted by Crippen LogP contribution is -2.37. The maximum Gasteiger partial charge on any atom is 0.222 e. The summed E-state index contributed by atoms with van der Waals surface area (Å²) in [6.07, 6.45) is 6.36. The maximum absolute atomic E-state index is 12.0. The van der Waals surface area contributed by atoms with Gasteiger partial charge in [-0.25, -0.2) is 4.98 Å². The Morgan fingerprint density at radius 1 is 1.45 bits per heavy atom. The predicted molar refractivity (Wildman–Crippen MR) is 82.6 cm³/mol. The SMILES string of the molecule is O=C(CCn1ccnn1)NC1CCN(c2ncccc2Cl)C1. The van der Waals surface area contributed by atoms with Gasteiger partial charge in [-0.15, -0.1) is 5.10 Å². The molecule has 3 rings (SSSR count). The van der Waals surface area contributed by atoms with Gasteiger partial charge in [0.2, 0.25) is 5.91 Å². The van der Waals surface area contributed by atoms with Crippen LogP contribution in [-0.4, -0.2) is 45.0 Å². The molecule has 1 aliphatic heterocycles. The van der Waals surface area contributed by atoms with Crippen LogP contribution < -0.4 is 10.2 Å². The van der Waals surface area contributed by atoms with Crippen LogP contribution in [0.1, 0.15) is 12.8 Å². The highest BCUT2D eigenvalue weighted by atomic mass is 35.5. The molecule has 1 aliphatic rings. The molecular weight excluding hydrogens is 304 g/mol. The van der Waals surface area contributed by atoms with Gasteiger partial charge in [-0.3, -0.25) is 9.48 Å². The summed E-state index contributed by atoms with van der Waals surface area (Å²) >= 11 is 6.16. The summed E-state index contributed by atoms with van der Waals surface area (Å²) in [5.74, 6) is 0.804. The summed E-state index contributed by atoms with van der Waals surface area (Å²) in [5.41, 5.74) is 0. The smallest absolute Gasteiger partial charge is 0.222 e. The van der Waals surface area contributed by atoms with Crippen LogP contribution in [0.15, 0.2) is 30.7 Å². The second kappa shape index (κ2) is 6.74. The van der Waals surface area contributed by atoms with Gasteiger partial charge in [-0.05, 0) is 18.6 Å². The van der Waals surface area contributed by atoms with Crippen molar-refractivity contribution in [2.75, 3.05) is 18.0 Å². The number of carbonyl (C=O) groups excluding carboxylic acids is 1. The zero-order valence-corrected chi connectivity index (χ0v) is 12.8. The van der Waals surface area contributed by atoms with Crippen LogP contribution in [0, 0.1) is 0 Å². The van der Waals surface area contributed by atoms with Crippen molar-refractivity contribution in [2.45, 2.75) is 25.4 Å². The van der Waals surface area contributed by atoms with Crippen LogP contribution in [0.2, 0.25) is 5.02 Å². The Bertz CT molecular complexity index is 632. The van der Waals surface area contributed by atoms with Crippen molar-refractivity contribution in [3.05, 3.63) is 35.7 Å². The minimum absolute atomic E-state index is 0.0227. The summed E-state index contributed by atoms with van der Waals surface area (Å²) in [7, 11) is 0. The molecule has 0 aromatic carbocycles. The van der Waals surface area contributed by atoms with Crippen molar-refractivity contribution < 1.29 is 4.79 Å². The summed E-state index contributed by atoms with van der Waals surface area (Å²) in [4.78, 5) is 18.4. The molecule has 8 heteroatoms. The fourth-order valence-electron chi connectivity index (χ4n) is 2.55. The van der Waals surface area contributed by atoms with Crippen LogP contribution in [0.25, 0.3) is 0 Å². The van der Waals surface area contributed by atoms with Gasteiger partial charge in [-0.1, -0.05) is 16.8 Å². The average Bonchev–Trinajstić information content (AvgIpc) is 3.17. The quantitative estimate of drug-likeness (QED) is 0.893. The number of hydrogen-bond acceptors (Lipinski definition) is 5. The van der Waals surface area contributed by atoms with Crippen molar-refractivity contribution in [2.24, 2.45) is 0 Å². The molecule has 0 aliphatic carbocycles. The molecule has 1 unspecified atom stereocenters. The Balaban J connectivity index is 1.48. The van der Waals surface area contributed by atoms with E-state index >= 15 is 0 Å². The van der Waals surface area contributed by atoms with Crippen LogP contribution in [0.5, 0.6) is 0 Å². The molecule has 22 heavy (non-hydrogen) atoms. The van der Waals surface area contributed by atoms with Gasteiger partial charge in [0.05, 0.1) is 17.8 Å². The van der Waals surface area contributed by atoms with Crippen LogP contribution in [0.4, 0.5) is 5.82 Å². The number of nitrogens with zero attached hydrogens (tertiary/aromatic N) is 5. The Morgan fingerprint density at radius 2 is 2.36 bits per heavy atom. The second-order valence-corrected chi connectivity index (χ2v) is 5.63. The number of aryl methyl sites for hydroxylation is 1. The van der Waals surface area contributed by atoms with Crippen molar-refractivity contribution in [1.29, 1.82) is 0 Å². The number of rotatable bonds is 5. The number of aromatic nitrogens is 4. The highest BCUT2D eigenvalue weighted by Gasteiger charge is 2.25. The normalized spacial score (nSPS) is 17.7. The predicted octanol–water partition coefficient (Wildman–Crippen LogP) is 1.11. The zero-order chi connectivity index (χ0) is 15.4. The summed E-state index contributed by atoms with van der Waals surface area (Å²) < 4.78 is 1.65. The molecule has 7 nitrogen and oxygen atoms in total. The molecule has 0 spiro atoms. The molecule has 0 saturated carbocycles. The molecule has 0 radical (unpaired) electrons. The van der Waals surface area contributed by atoms with Crippen molar-refractivity contribution >= 4 is 23.3 Å². The number of hydrogen-bond donors (Lipinski definition) is 1. The fraction of sp³-hybridized carbons (Fsp3) is 0.429. The molecule has 1 amide bonds. The molecule has 116 valence electrons. The molecule has 0 bridgehead atoms. The molecule has 1 atom stereocenters. The van der Waals surface area contributed by atoms with Crippen molar-refractivity contribution in [3.8, 4) is 0 Å². The number of nitrogens with one attached hydrogen (secondary N) is 1. The molecule has 1 fully saturated rings. The highest BCUT2D eigenvalue weighted by Crippen LogP contribution is 2.25. The molecular formula is C14H17ClN6O. The van der Waals surface area contributed by atoms with E-state index in [4.69, 9.17) is 11.6 Å². The minimum Gasteiger partial charge on any atom is -0.353 e.